The third kappa shape index (κ3) is 2.51. The molecule has 0 radical (unpaired) electrons. The second-order valence-corrected chi connectivity index (χ2v) is 7.55. The van der Waals surface area contributed by atoms with Gasteiger partial charge >= 0.3 is 0 Å². The first kappa shape index (κ1) is 15.2. The number of hydrogen-bond donors (Lipinski definition) is 1. The summed E-state index contributed by atoms with van der Waals surface area (Å²) in [6, 6.07) is 6.87. The van der Waals surface area contributed by atoms with Gasteiger partial charge in [0.15, 0.2) is 11.4 Å². The molecular formula is C18H20ClN5O. The number of aromatic nitrogens is 2. The average molecular weight is 358 g/mol. The highest BCUT2D eigenvalue weighted by molar-refractivity contribution is 6.31. The summed E-state index contributed by atoms with van der Waals surface area (Å²) in [5.41, 5.74) is 8.19. The molecule has 0 spiro atoms. The zero-order valence-corrected chi connectivity index (χ0v) is 14.8. The van der Waals surface area contributed by atoms with Crippen LogP contribution in [0.5, 0.6) is 0 Å². The molecule has 1 aromatic carbocycles. The molecule has 2 fully saturated rings. The zero-order chi connectivity index (χ0) is 17.1. The van der Waals surface area contributed by atoms with Gasteiger partial charge in [0, 0.05) is 35.6 Å². The Bertz CT molecular complexity index is 967. The summed E-state index contributed by atoms with van der Waals surface area (Å²) in [7, 11) is 2.24. The highest BCUT2D eigenvalue weighted by Gasteiger charge is 2.36. The molecule has 1 atom stereocenters. The van der Waals surface area contributed by atoms with Crippen molar-refractivity contribution in [1.82, 2.24) is 14.9 Å². The standard InChI is InChI=1S/C18H20ClN5O/c1-23(11-3-4-11)12-6-7-24(9-12)17-16-15(21-18(20)22-17)13-8-10(19)2-5-14(13)25-16/h2,5,8,11-12H,3-4,6-7,9H2,1H3,(H2,20,21,22). The van der Waals surface area contributed by atoms with Crippen LogP contribution in [0.4, 0.5) is 11.8 Å². The lowest BCUT2D eigenvalue weighted by atomic mass is 10.2. The molecular weight excluding hydrogens is 338 g/mol. The Balaban J connectivity index is 1.57. The Morgan fingerprint density at radius 2 is 2.08 bits per heavy atom. The third-order valence-corrected chi connectivity index (χ3v) is 5.67. The van der Waals surface area contributed by atoms with E-state index < -0.39 is 0 Å². The van der Waals surface area contributed by atoms with Crippen LogP contribution in [0.2, 0.25) is 5.02 Å². The van der Waals surface area contributed by atoms with Crippen LogP contribution in [0.3, 0.4) is 0 Å². The molecule has 3 heterocycles. The molecule has 0 amide bonds. The van der Waals surface area contributed by atoms with Crippen molar-refractivity contribution in [3.63, 3.8) is 0 Å². The first-order chi connectivity index (χ1) is 12.1. The van der Waals surface area contributed by atoms with Gasteiger partial charge in [-0.2, -0.15) is 4.98 Å². The molecule has 2 aromatic heterocycles. The fraction of sp³-hybridized carbons (Fsp3) is 0.444. The number of nitrogen functional groups attached to an aromatic ring is 1. The predicted molar refractivity (Wildman–Crippen MR) is 100 cm³/mol. The van der Waals surface area contributed by atoms with Gasteiger partial charge in [-0.3, -0.25) is 4.90 Å². The lowest BCUT2D eigenvalue weighted by Gasteiger charge is -2.24. The lowest BCUT2D eigenvalue weighted by Crippen LogP contribution is -2.36. The number of hydrogen-bond acceptors (Lipinski definition) is 6. The van der Waals surface area contributed by atoms with Crippen molar-refractivity contribution in [3.8, 4) is 0 Å². The fourth-order valence-corrected chi connectivity index (χ4v) is 4.05. The molecule has 0 bridgehead atoms. The number of halogens is 1. The Kier molecular flexibility index (Phi) is 3.33. The Morgan fingerprint density at radius 1 is 1.24 bits per heavy atom. The first-order valence-corrected chi connectivity index (χ1v) is 9.10. The van der Waals surface area contributed by atoms with E-state index >= 15 is 0 Å². The normalized spacial score (nSPS) is 21.1. The van der Waals surface area contributed by atoms with Gasteiger partial charge in [-0.1, -0.05) is 11.6 Å². The maximum atomic E-state index is 6.14. The Labute approximate surface area is 150 Å². The molecule has 1 aliphatic heterocycles. The molecule has 130 valence electrons. The largest absolute Gasteiger partial charge is 0.450 e. The van der Waals surface area contributed by atoms with Gasteiger partial charge in [-0.15, -0.1) is 0 Å². The number of fused-ring (bicyclic) bond motifs is 3. The number of likely N-dealkylation sites (N-methyl/N-ethyl adjacent to an activating group) is 1. The summed E-state index contributed by atoms with van der Waals surface area (Å²) < 4.78 is 6.07. The van der Waals surface area contributed by atoms with Crippen LogP contribution in [0.1, 0.15) is 19.3 Å². The molecule has 1 saturated carbocycles. The van der Waals surface area contributed by atoms with Gasteiger partial charge in [0.25, 0.3) is 0 Å². The van der Waals surface area contributed by atoms with Gasteiger partial charge < -0.3 is 15.1 Å². The van der Waals surface area contributed by atoms with Crippen LogP contribution in [0, 0.1) is 0 Å². The second kappa shape index (κ2) is 5.47. The molecule has 25 heavy (non-hydrogen) atoms. The molecule has 6 nitrogen and oxygen atoms in total. The lowest BCUT2D eigenvalue weighted by molar-refractivity contribution is 0.249. The predicted octanol–water partition coefficient (Wildman–Crippen LogP) is 3.28. The number of benzene rings is 1. The zero-order valence-electron chi connectivity index (χ0n) is 14.1. The summed E-state index contributed by atoms with van der Waals surface area (Å²) in [4.78, 5) is 13.7. The van der Waals surface area contributed by atoms with Gasteiger partial charge in [-0.05, 0) is 44.5 Å². The molecule has 7 heteroatoms. The van der Waals surface area contributed by atoms with Crippen LogP contribution in [0.25, 0.3) is 22.1 Å². The minimum absolute atomic E-state index is 0.268. The quantitative estimate of drug-likeness (QED) is 0.775. The molecule has 1 unspecified atom stereocenters. The van der Waals surface area contributed by atoms with Crippen molar-refractivity contribution in [2.45, 2.75) is 31.3 Å². The number of anilines is 2. The highest BCUT2D eigenvalue weighted by Crippen LogP contribution is 2.37. The van der Waals surface area contributed by atoms with Crippen molar-refractivity contribution >= 4 is 45.4 Å². The van der Waals surface area contributed by atoms with E-state index in [2.05, 4.69) is 26.8 Å². The van der Waals surface area contributed by atoms with Crippen molar-refractivity contribution in [3.05, 3.63) is 23.2 Å². The molecule has 5 rings (SSSR count). The average Bonchev–Trinajstić information content (AvgIpc) is 3.22. The summed E-state index contributed by atoms with van der Waals surface area (Å²) in [5, 5.41) is 1.53. The van der Waals surface area contributed by atoms with Crippen LogP contribution in [-0.4, -0.2) is 47.1 Å². The van der Waals surface area contributed by atoms with Crippen LogP contribution >= 0.6 is 11.6 Å². The van der Waals surface area contributed by atoms with Gasteiger partial charge in [0.05, 0.1) is 0 Å². The molecule has 2 N–H and O–H groups in total. The Morgan fingerprint density at radius 3 is 2.88 bits per heavy atom. The van der Waals surface area contributed by atoms with Gasteiger partial charge in [0.2, 0.25) is 5.95 Å². The van der Waals surface area contributed by atoms with Crippen molar-refractivity contribution in [1.29, 1.82) is 0 Å². The van der Waals surface area contributed by atoms with E-state index in [1.54, 1.807) is 0 Å². The first-order valence-electron chi connectivity index (χ1n) is 8.72. The molecule has 1 saturated heterocycles. The van der Waals surface area contributed by atoms with Crippen LogP contribution in [-0.2, 0) is 0 Å². The van der Waals surface area contributed by atoms with E-state index in [-0.39, 0.29) is 5.95 Å². The highest BCUT2D eigenvalue weighted by atomic mass is 35.5. The molecule has 2 aliphatic rings. The second-order valence-electron chi connectivity index (χ2n) is 7.11. The Hall–Kier alpha value is -2.05. The van der Waals surface area contributed by atoms with E-state index in [0.717, 1.165) is 47.9 Å². The molecule has 1 aliphatic carbocycles. The fourth-order valence-electron chi connectivity index (χ4n) is 3.88. The van der Waals surface area contributed by atoms with Gasteiger partial charge in [0.1, 0.15) is 11.1 Å². The number of nitrogens with two attached hydrogens (primary N) is 1. The maximum absolute atomic E-state index is 6.14. The van der Waals surface area contributed by atoms with Crippen molar-refractivity contribution < 1.29 is 4.42 Å². The van der Waals surface area contributed by atoms with Crippen LogP contribution in [0.15, 0.2) is 22.6 Å². The van der Waals surface area contributed by atoms with E-state index in [0.29, 0.717) is 16.6 Å². The maximum Gasteiger partial charge on any atom is 0.222 e. The molecule has 3 aromatic rings. The monoisotopic (exact) mass is 357 g/mol. The van der Waals surface area contributed by atoms with E-state index in [1.165, 1.54) is 12.8 Å². The summed E-state index contributed by atoms with van der Waals surface area (Å²) in [6.07, 6.45) is 3.77. The third-order valence-electron chi connectivity index (χ3n) is 5.44. The van der Waals surface area contributed by atoms with Crippen molar-refractivity contribution in [2.75, 3.05) is 30.8 Å². The van der Waals surface area contributed by atoms with Gasteiger partial charge in [-0.25, -0.2) is 4.98 Å². The minimum atomic E-state index is 0.268. The van der Waals surface area contributed by atoms with E-state index in [4.69, 9.17) is 21.8 Å². The summed E-state index contributed by atoms with van der Waals surface area (Å²) in [5.74, 6) is 1.06. The number of rotatable bonds is 3. The topological polar surface area (TPSA) is 71.4 Å². The van der Waals surface area contributed by atoms with Crippen LogP contribution < -0.4 is 10.6 Å². The minimum Gasteiger partial charge on any atom is -0.450 e. The number of nitrogens with zero attached hydrogens (tertiary/aromatic N) is 4. The summed E-state index contributed by atoms with van der Waals surface area (Å²) in [6.45, 7) is 1.89. The SMILES string of the molecule is CN(C1CC1)C1CCN(c2nc(N)nc3c2oc2ccc(Cl)cc23)C1. The van der Waals surface area contributed by atoms with E-state index in [1.807, 2.05) is 18.2 Å². The smallest absolute Gasteiger partial charge is 0.222 e. The summed E-state index contributed by atoms with van der Waals surface area (Å²) >= 11 is 6.14. The van der Waals surface area contributed by atoms with E-state index in [9.17, 15) is 0 Å². The number of furan rings is 1. The van der Waals surface area contributed by atoms with Crippen molar-refractivity contribution in [2.24, 2.45) is 0 Å².